The van der Waals surface area contributed by atoms with Crippen LogP contribution >= 0.6 is 22.9 Å². The number of urea groups is 1. The highest BCUT2D eigenvalue weighted by Gasteiger charge is 2.17. The summed E-state index contributed by atoms with van der Waals surface area (Å²) in [7, 11) is 0. The normalized spacial score (nSPS) is 13.6. The third-order valence-corrected chi connectivity index (χ3v) is 6.15. The molecule has 7 heteroatoms. The predicted molar refractivity (Wildman–Crippen MR) is 115 cm³/mol. The molecule has 2 aromatic rings. The fourth-order valence-electron chi connectivity index (χ4n) is 3.29. The van der Waals surface area contributed by atoms with Crippen molar-refractivity contribution in [3.8, 4) is 0 Å². The van der Waals surface area contributed by atoms with Gasteiger partial charge in [0.2, 0.25) is 5.91 Å². The summed E-state index contributed by atoms with van der Waals surface area (Å²) in [6.45, 7) is 4.90. The third-order valence-electron chi connectivity index (χ3n) is 4.94. The van der Waals surface area contributed by atoms with Gasteiger partial charge in [-0.25, -0.2) is 4.79 Å². The highest BCUT2D eigenvalue weighted by atomic mass is 35.5. The first kappa shape index (κ1) is 20.7. The second-order valence-corrected chi connectivity index (χ2v) is 8.73. The third kappa shape index (κ3) is 5.72. The molecule has 3 amide bonds. The van der Waals surface area contributed by atoms with Crippen LogP contribution < -0.4 is 5.32 Å². The minimum Gasteiger partial charge on any atom is -0.343 e. The minimum absolute atomic E-state index is 0.135. The van der Waals surface area contributed by atoms with Crippen molar-refractivity contribution in [2.75, 3.05) is 25.0 Å². The molecule has 0 bridgehead atoms. The molecular formula is C21H26ClN3O2S. The Balaban J connectivity index is 1.49. The zero-order chi connectivity index (χ0) is 19.9. The molecule has 1 aliphatic heterocycles. The second-order valence-electron chi connectivity index (χ2n) is 6.93. The van der Waals surface area contributed by atoms with Crippen molar-refractivity contribution >= 4 is 40.6 Å². The zero-order valence-electron chi connectivity index (χ0n) is 16.1. The van der Waals surface area contributed by atoms with E-state index in [1.165, 1.54) is 11.3 Å². The molecule has 1 N–H and O–H groups in total. The maximum atomic E-state index is 12.5. The average molecular weight is 420 g/mol. The Morgan fingerprint density at radius 1 is 1.14 bits per heavy atom. The molecule has 2 heterocycles. The van der Waals surface area contributed by atoms with Gasteiger partial charge in [0, 0.05) is 36.6 Å². The number of hydrogen-bond acceptors (Lipinski definition) is 3. The smallest absolute Gasteiger partial charge is 0.322 e. The first-order chi connectivity index (χ1) is 13.5. The predicted octanol–water partition coefficient (Wildman–Crippen LogP) is 5.01. The van der Waals surface area contributed by atoms with Crippen LogP contribution in [0.1, 0.15) is 36.6 Å². The minimum atomic E-state index is -0.135. The first-order valence-corrected chi connectivity index (χ1v) is 10.9. The van der Waals surface area contributed by atoms with E-state index in [9.17, 15) is 9.59 Å². The molecular weight excluding hydrogens is 394 g/mol. The Bertz CT molecular complexity index is 800. The fraction of sp³-hybridized carbons (Fsp3) is 0.429. The molecule has 3 rings (SSSR count). The highest BCUT2D eigenvalue weighted by Crippen LogP contribution is 2.23. The number of carbonyl (C=O) groups excluding carboxylic acids is 2. The number of carbonyl (C=O) groups is 2. The van der Waals surface area contributed by atoms with Crippen LogP contribution in [-0.4, -0.2) is 41.4 Å². The van der Waals surface area contributed by atoms with Crippen molar-refractivity contribution in [2.45, 2.75) is 39.2 Å². The highest BCUT2D eigenvalue weighted by molar-refractivity contribution is 7.16. The zero-order valence-corrected chi connectivity index (χ0v) is 17.7. The lowest BCUT2D eigenvalue weighted by atomic mass is 10.1. The van der Waals surface area contributed by atoms with E-state index in [0.29, 0.717) is 19.5 Å². The van der Waals surface area contributed by atoms with E-state index in [1.807, 2.05) is 48.2 Å². The van der Waals surface area contributed by atoms with Crippen molar-refractivity contribution in [3.05, 3.63) is 51.2 Å². The number of thiophene rings is 1. The second kappa shape index (κ2) is 9.94. The van der Waals surface area contributed by atoms with Gasteiger partial charge in [-0.1, -0.05) is 23.7 Å². The summed E-state index contributed by atoms with van der Waals surface area (Å²) in [5.41, 5.74) is 1.86. The van der Waals surface area contributed by atoms with Crippen molar-refractivity contribution in [3.63, 3.8) is 0 Å². The number of nitrogens with zero attached hydrogens (tertiary/aromatic N) is 2. The average Bonchev–Trinajstić information content (AvgIpc) is 3.37. The number of hydrogen-bond donors (Lipinski definition) is 1. The molecule has 0 unspecified atom stereocenters. The monoisotopic (exact) mass is 419 g/mol. The molecule has 0 saturated carbocycles. The molecule has 0 aliphatic carbocycles. The summed E-state index contributed by atoms with van der Waals surface area (Å²) in [6.07, 6.45) is 3.51. The van der Waals surface area contributed by atoms with Gasteiger partial charge in [-0.3, -0.25) is 4.79 Å². The van der Waals surface area contributed by atoms with E-state index in [0.717, 1.165) is 52.8 Å². The van der Waals surface area contributed by atoms with Crippen LogP contribution in [0.25, 0.3) is 0 Å². The molecule has 0 spiro atoms. The Kier molecular flexibility index (Phi) is 7.34. The SMILES string of the molecule is CCN(Cc1ccc(Cl)s1)C(=O)Nc1ccc(CCC(=O)N2CCCC2)cc1. The molecule has 1 fully saturated rings. The number of amides is 3. The van der Waals surface area contributed by atoms with Crippen LogP contribution in [0.2, 0.25) is 4.34 Å². The summed E-state index contributed by atoms with van der Waals surface area (Å²) in [5.74, 6) is 0.238. The van der Waals surface area contributed by atoms with Gasteiger partial charge in [0.05, 0.1) is 10.9 Å². The van der Waals surface area contributed by atoms with Crippen molar-refractivity contribution in [1.82, 2.24) is 9.80 Å². The molecule has 28 heavy (non-hydrogen) atoms. The standard InChI is InChI=1S/C21H26ClN3O2S/c1-2-24(15-18-10-11-19(22)28-18)21(27)23-17-8-5-16(6-9-17)7-12-20(26)25-13-3-4-14-25/h5-6,8-11H,2-4,7,12-15H2,1H3,(H,23,27). The summed E-state index contributed by atoms with van der Waals surface area (Å²) in [5, 5.41) is 2.94. The van der Waals surface area contributed by atoms with Gasteiger partial charge in [-0.2, -0.15) is 0 Å². The Labute approximate surface area is 175 Å². The topological polar surface area (TPSA) is 52.7 Å². The molecule has 0 radical (unpaired) electrons. The number of benzene rings is 1. The molecule has 1 saturated heterocycles. The molecule has 150 valence electrons. The number of halogens is 1. The summed E-state index contributed by atoms with van der Waals surface area (Å²) in [6, 6.07) is 11.4. The molecule has 1 aromatic heterocycles. The fourth-order valence-corrected chi connectivity index (χ4v) is 4.39. The lowest BCUT2D eigenvalue weighted by Crippen LogP contribution is -2.34. The maximum absolute atomic E-state index is 12.5. The van der Waals surface area contributed by atoms with E-state index < -0.39 is 0 Å². The van der Waals surface area contributed by atoms with Crippen molar-refractivity contribution < 1.29 is 9.59 Å². The van der Waals surface area contributed by atoms with E-state index in [-0.39, 0.29) is 11.9 Å². The van der Waals surface area contributed by atoms with Gasteiger partial charge in [-0.05, 0) is 56.0 Å². The number of aryl methyl sites for hydroxylation is 1. The van der Waals surface area contributed by atoms with Crippen LogP contribution in [0.3, 0.4) is 0 Å². The summed E-state index contributed by atoms with van der Waals surface area (Å²) < 4.78 is 0.727. The Hall–Kier alpha value is -2.05. The lowest BCUT2D eigenvalue weighted by molar-refractivity contribution is -0.130. The van der Waals surface area contributed by atoms with Crippen LogP contribution in [0.5, 0.6) is 0 Å². The van der Waals surface area contributed by atoms with E-state index in [1.54, 1.807) is 4.90 Å². The van der Waals surface area contributed by atoms with Crippen LogP contribution in [0.4, 0.5) is 10.5 Å². The number of likely N-dealkylation sites (tertiary alicyclic amines) is 1. The number of nitrogens with one attached hydrogen (secondary N) is 1. The van der Waals surface area contributed by atoms with Gasteiger partial charge in [0.15, 0.2) is 0 Å². The summed E-state index contributed by atoms with van der Waals surface area (Å²) in [4.78, 5) is 29.4. The van der Waals surface area contributed by atoms with E-state index in [2.05, 4.69) is 5.32 Å². The maximum Gasteiger partial charge on any atom is 0.322 e. The molecule has 1 aliphatic rings. The van der Waals surface area contributed by atoms with Gasteiger partial charge < -0.3 is 15.1 Å². The van der Waals surface area contributed by atoms with E-state index in [4.69, 9.17) is 11.6 Å². The van der Waals surface area contributed by atoms with Gasteiger partial charge >= 0.3 is 6.03 Å². The first-order valence-electron chi connectivity index (χ1n) is 9.72. The van der Waals surface area contributed by atoms with Crippen molar-refractivity contribution in [2.24, 2.45) is 0 Å². The van der Waals surface area contributed by atoms with E-state index >= 15 is 0 Å². The number of anilines is 1. The lowest BCUT2D eigenvalue weighted by Gasteiger charge is -2.20. The van der Waals surface area contributed by atoms with Gasteiger partial charge in [0.25, 0.3) is 0 Å². The quantitative estimate of drug-likeness (QED) is 0.685. The van der Waals surface area contributed by atoms with Crippen LogP contribution in [0, 0.1) is 0 Å². The Morgan fingerprint density at radius 3 is 2.46 bits per heavy atom. The number of rotatable bonds is 7. The van der Waals surface area contributed by atoms with Crippen LogP contribution in [0.15, 0.2) is 36.4 Å². The van der Waals surface area contributed by atoms with Crippen molar-refractivity contribution in [1.29, 1.82) is 0 Å². The van der Waals surface area contributed by atoms with Gasteiger partial charge in [-0.15, -0.1) is 11.3 Å². The summed E-state index contributed by atoms with van der Waals surface area (Å²) >= 11 is 7.46. The molecule has 0 atom stereocenters. The van der Waals surface area contributed by atoms with Crippen LogP contribution in [-0.2, 0) is 17.8 Å². The molecule has 5 nitrogen and oxygen atoms in total. The molecule has 1 aromatic carbocycles. The van der Waals surface area contributed by atoms with Gasteiger partial charge in [0.1, 0.15) is 0 Å². The largest absolute Gasteiger partial charge is 0.343 e. The Morgan fingerprint density at radius 2 is 1.86 bits per heavy atom.